The number of carbonyl (C=O) groups is 1. The molecule has 16 heavy (non-hydrogen) atoms. The molecule has 2 aliphatic rings. The third kappa shape index (κ3) is 2.77. The number of halogens is 1. The second kappa shape index (κ2) is 5.50. The van der Waals surface area contributed by atoms with E-state index in [2.05, 4.69) is 7.05 Å². The third-order valence-electron chi connectivity index (χ3n) is 4.12. The van der Waals surface area contributed by atoms with Crippen molar-refractivity contribution in [2.24, 2.45) is 0 Å². The van der Waals surface area contributed by atoms with Crippen molar-refractivity contribution in [3.63, 3.8) is 0 Å². The Labute approximate surface area is 108 Å². The van der Waals surface area contributed by atoms with Crippen LogP contribution in [0.2, 0.25) is 0 Å². The van der Waals surface area contributed by atoms with Gasteiger partial charge in [-0.15, -0.1) is 0 Å². The van der Waals surface area contributed by atoms with Crippen molar-refractivity contribution < 1.29 is 31.0 Å². The molecule has 0 aliphatic carbocycles. The van der Waals surface area contributed by atoms with Crippen LogP contribution in [0.25, 0.3) is 0 Å². The van der Waals surface area contributed by atoms with E-state index in [1.165, 1.54) is 45.7 Å². The van der Waals surface area contributed by atoms with Gasteiger partial charge in [-0.2, -0.15) is 0 Å². The lowest BCUT2D eigenvalue weighted by atomic mass is 9.88. The molecule has 0 amide bonds. The molecule has 2 rings (SSSR count). The average Bonchev–Trinajstić information content (AvgIpc) is 2.16. The quantitative estimate of drug-likeness (QED) is 0.444. The number of hydrogen-bond donors (Lipinski definition) is 0. The first-order chi connectivity index (χ1) is 7.12. The molecule has 0 aromatic rings. The minimum absolute atomic E-state index is 0. The van der Waals surface area contributed by atoms with Gasteiger partial charge in [-0.05, 0) is 19.3 Å². The molecular formula is C12H22BrNO2. The first-order valence-electron chi connectivity index (χ1n) is 6.13. The summed E-state index contributed by atoms with van der Waals surface area (Å²) >= 11 is 0. The second-order valence-corrected chi connectivity index (χ2v) is 5.28. The number of hydrogen-bond acceptors (Lipinski definition) is 2. The van der Waals surface area contributed by atoms with Gasteiger partial charge in [0.1, 0.15) is 6.04 Å². The number of esters is 1. The Hall–Kier alpha value is -0.0900. The minimum Gasteiger partial charge on any atom is -1.00 e. The van der Waals surface area contributed by atoms with E-state index in [0.717, 1.165) is 10.9 Å². The van der Waals surface area contributed by atoms with Crippen molar-refractivity contribution in [2.45, 2.75) is 51.2 Å². The zero-order chi connectivity index (χ0) is 10.9. The van der Waals surface area contributed by atoms with Gasteiger partial charge in [0.05, 0.1) is 20.1 Å². The molecule has 0 spiro atoms. The molecular weight excluding hydrogens is 270 g/mol. The van der Waals surface area contributed by atoms with Crippen LogP contribution in [0.15, 0.2) is 0 Å². The molecule has 4 heteroatoms. The number of carbonyl (C=O) groups excluding carboxylic acids is 1. The lowest BCUT2D eigenvalue weighted by molar-refractivity contribution is -0.946. The van der Waals surface area contributed by atoms with Gasteiger partial charge in [0.2, 0.25) is 0 Å². The van der Waals surface area contributed by atoms with Gasteiger partial charge in [0.25, 0.3) is 0 Å². The van der Waals surface area contributed by atoms with E-state index in [9.17, 15) is 4.79 Å². The van der Waals surface area contributed by atoms with E-state index in [4.69, 9.17) is 4.74 Å². The smallest absolute Gasteiger partial charge is 0.303 e. The summed E-state index contributed by atoms with van der Waals surface area (Å²) in [7, 11) is 2.33. The Morgan fingerprint density at radius 1 is 1.19 bits per heavy atom. The Kier molecular flexibility index (Phi) is 4.80. The first kappa shape index (κ1) is 14.0. The maximum atomic E-state index is 11.1. The number of rotatable bonds is 1. The van der Waals surface area contributed by atoms with Crippen LogP contribution in [0.3, 0.4) is 0 Å². The van der Waals surface area contributed by atoms with Crippen molar-refractivity contribution in [3.8, 4) is 0 Å². The van der Waals surface area contributed by atoms with Crippen LogP contribution in [0.5, 0.6) is 0 Å². The molecule has 2 aliphatic heterocycles. The zero-order valence-corrected chi connectivity index (χ0v) is 11.8. The Morgan fingerprint density at radius 3 is 2.56 bits per heavy atom. The number of fused-ring (bicyclic) bond motifs is 1. The highest BCUT2D eigenvalue weighted by atomic mass is 79.9. The number of nitrogens with zero attached hydrogens (tertiary/aromatic N) is 1. The molecule has 0 aromatic carbocycles. The SMILES string of the molecule is CC(=O)OC1CCC[N+]2(C)CCCCC12.[Br-]. The number of likely N-dealkylation sites (N-methyl/N-ethyl adjacent to an activating group) is 1. The monoisotopic (exact) mass is 291 g/mol. The average molecular weight is 292 g/mol. The summed E-state index contributed by atoms with van der Waals surface area (Å²) < 4.78 is 6.61. The summed E-state index contributed by atoms with van der Waals surface area (Å²) in [6.45, 7) is 4.06. The second-order valence-electron chi connectivity index (χ2n) is 5.28. The minimum atomic E-state index is -0.112. The Balaban J connectivity index is 0.00000128. The molecule has 0 aromatic heterocycles. The molecule has 2 fully saturated rings. The fraction of sp³-hybridized carbons (Fsp3) is 0.917. The summed E-state index contributed by atoms with van der Waals surface area (Å²) in [5, 5.41) is 0. The van der Waals surface area contributed by atoms with Gasteiger partial charge in [-0.1, -0.05) is 0 Å². The summed E-state index contributed by atoms with van der Waals surface area (Å²) in [6, 6.07) is 0.566. The predicted octanol–water partition coefficient (Wildman–Crippen LogP) is -1.28. The molecule has 0 saturated carbocycles. The van der Waals surface area contributed by atoms with Crippen molar-refractivity contribution >= 4 is 5.97 Å². The van der Waals surface area contributed by atoms with E-state index >= 15 is 0 Å². The highest BCUT2D eigenvalue weighted by molar-refractivity contribution is 5.66. The lowest BCUT2D eigenvalue weighted by Crippen LogP contribution is -3.00. The summed E-state index contributed by atoms with van der Waals surface area (Å²) in [6.07, 6.45) is 6.31. The Morgan fingerprint density at radius 2 is 1.88 bits per heavy atom. The fourth-order valence-corrected chi connectivity index (χ4v) is 3.37. The number of quaternary nitrogens is 1. The molecule has 3 atom stereocenters. The molecule has 94 valence electrons. The van der Waals surface area contributed by atoms with Gasteiger partial charge in [0.15, 0.2) is 6.10 Å². The van der Waals surface area contributed by atoms with Crippen LogP contribution in [0, 0.1) is 0 Å². The zero-order valence-electron chi connectivity index (χ0n) is 10.2. The molecule has 2 heterocycles. The van der Waals surface area contributed by atoms with Crippen molar-refractivity contribution in [3.05, 3.63) is 0 Å². The maximum absolute atomic E-state index is 11.1. The highest BCUT2D eigenvalue weighted by Gasteiger charge is 2.44. The van der Waals surface area contributed by atoms with Crippen LogP contribution in [0.4, 0.5) is 0 Å². The molecule has 0 radical (unpaired) electrons. The maximum Gasteiger partial charge on any atom is 0.303 e. The number of ether oxygens (including phenoxy) is 1. The van der Waals surface area contributed by atoms with Crippen molar-refractivity contribution in [1.29, 1.82) is 0 Å². The first-order valence-corrected chi connectivity index (χ1v) is 6.13. The molecule has 2 saturated heterocycles. The van der Waals surface area contributed by atoms with Crippen LogP contribution >= 0.6 is 0 Å². The van der Waals surface area contributed by atoms with Crippen LogP contribution in [0.1, 0.15) is 39.0 Å². The molecule has 3 unspecified atom stereocenters. The molecule has 3 nitrogen and oxygen atoms in total. The highest BCUT2D eigenvalue weighted by Crippen LogP contribution is 2.33. The number of piperidine rings is 2. The van der Waals surface area contributed by atoms with Crippen LogP contribution < -0.4 is 17.0 Å². The standard InChI is InChI=1S/C12H22NO2.BrH/c1-10(14)15-12-7-5-9-13(2)8-4-3-6-11(12)13;/h11-12H,3-9H2,1-2H3;1H/q+1;/p-1. The van der Waals surface area contributed by atoms with Gasteiger partial charge < -0.3 is 26.2 Å². The van der Waals surface area contributed by atoms with E-state index < -0.39 is 0 Å². The fourth-order valence-electron chi connectivity index (χ4n) is 3.37. The third-order valence-corrected chi connectivity index (χ3v) is 4.12. The van der Waals surface area contributed by atoms with Gasteiger partial charge in [0, 0.05) is 19.8 Å². The van der Waals surface area contributed by atoms with Gasteiger partial charge in [-0.3, -0.25) is 4.79 Å². The van der Waals surface area contributed by atoms with Crippen molar-refractivity contribution in [1.82, 2.24) is 0 Å². The van der Waals surface area contributed by atoms with Crippen LogP contribution in [-0.2, 0) is 9.53 Å². The normalized spacial score (nSPS) is 38.1. The topological polar surface area (TPSA) is 26.3 Å². The largest absolute Gasteiger partial charge is 1.00 e. The lowest BCUT2D eigenvalue weighted by Gasteiger charge is -2.50. The van der Waals surface area contributed by atoms with Crippen molar-refractivity contribution in [2.75, 3.05) is 20.1 Å². The van der Waals surface area contributed by atoms with E-state index in [0.29, 0.717) is 6.04 Å². The Bertz CT molecular complexity index is 255. The molecule has 0 bridgehead atoms. The summed E-state index contributed by atoms with van der Waals surface area (Å²) in [5.74, 6) is -0.112. The predicted molar refractivity (Wildman–Crippen MR) is 58.3 cm³/mol. The van der Waals surface area contributed by atoms with Gasteiger partial charge >= 0.3 is 5.97 Å². The van der Waals surface area contributed by atoms with E-state index in [-0.39, 0.29) is 29.1 Å². The van der Waals surface area contributed by atoms with E-state index in [1.54, 1.807) is 0 Å². The van der Waals surface area contributed by atoms with Crippen LogP contribution in [-0.4, -0.2) is 42.7 Å². The van der Waals surface area contributed by atoms with E-state index in [1.807, 2.05) is 0 Å². The summed E-state index contributed by atoms with van der Waals surface area (Å²) in [5.41, 5.74) is 0. The van der Waals surface area contributed by atoms with Gasteiger partial charge in [-0.25, -0.2) is 0 Å². The summed E-state index contributed by atoms with van der Waals surface area (Å²) in [4.78, 5) is 11.1. The molecule has 0 N–H and O–H groups in total.